The van der Waals surface area contributed by atoms with Crippen LogP contribution in [0.25, 0.3) is 0 Å². The molecular weight excluding hydrogens is 312 g/mol. The Labute approximate surface area is 152 Å². The van der Waals surface area contributed by atoms with Gasteiger partial charge in [0.2, 0.25) is 0 Å². The summed E-state index contributed by atoms with van der Waals surface area (Å²) in [6, 6.07) is 9.15. The van der Waals surface area contributed by atoms with Crippen molar-refractivity contribution in [2.75, 3.05) is 26.2 Å². The molecule has 25 heavy (non-hydrogen) atoms. The Morgan fingerprint density at radius 3 is 2.68 bits per heavy atom. The standard InChI is InChI=1S/C20H34N4O/c1-6-21-20(23-18-14-24(15(3)4)13-16(18)5)22-12-17-10-8-9-11-19(17)25-7-2/h8-11,15-16,18H,6-7,12-14H2,1-5H3,(H2,21,22,23). The fourth-order valence-corrected chi connectivity index (χ4v) is 3.20. The van der Waals surface area contributed by atoms with Gasteiger partial charge in [0.25, 0.3) is 0 Å². The zero-order valence-corrected chi connectivity index (χ0v) is 16.4. The Morgan fingerprint density at radius 1 is 1.28 bits per heavy atom. The first-order valence-electron chi connectivity index (χ1n) is 9.54. The van der Waals surface area contributed by atoms with Gasteiger partial charge in [-0.1, -0.05) is 25.1 Å². The molecule has 0 saturated carbocycles. The third-order valence-electron chi connectivity index (χ3n) is 4.72. The van der Waals surface area contributed by atoms with Gasteiger partial charge in [0.1, 0.15) is 5.75 Å². The van der Waals surface area contributed by atoms with Gasteiger partial charge in [0.05, 0.1) is 13.2 Å². The first-order chi connectivity index (χ1) is 12.0. The summed E-state index contributed by atoms with van der Waals surface area (Å²) in [7, 11) is 0. The van der Waals surface area contributed by atoms with E-state index >= 15 is 0 Å². The third kappa shape index (κ3) is 5.63. The smallest absolute Gasteiger partial charge is 0.191 e. The van der Waals surface area contributed by atoms with E-state index in [-0.39, 0.29) is 0 Å². The van der Waals surface area contributed by atoms with Gasteiger partial charge in [-0.2, -0.15) is 0 Å². The Hall–Kier alpha value is -1.75. The van der Waals surface area contributed by atoms with Gasteiger partial charge in [0.15, 0.2) is 5.96 Å². The number of benzene rings is 1. The van der Waals surface area contributed by atoms with E-state index in [0.29, 0.717) is 31.2 Å². The van der Waals surface area contributed by atoms with E-state index < -0.39 is 0 Å². The number of ether oxygens (including phenoxy) is 1. The second-order valence-corrected chi connectivity index (χ2v) is 7.01. The highest BCUT2D eigenvalue weighted by atomic mass is 16.5. The number of para-hydroxylation sites is 1. The van der Waals surface area contributed by atoms with E-state index in [1.165, 1.54) is 0 Å². The van der Waals surface area contributed by atoms with Crippen LogP contribution in [0.5, 0.6) is 5.75 Å². The topological polar surface area (TPSA) is 48.9 Å². The summed E-state index contributed by atoms with van der Waals surface area (Å²) in [5, 5.41) is 7.00. The molecular formula is C20H34N4O. The van der Waals surface area contributed by atoms with Crippen LogP contribution < -0.4 is 15.4 Å². The second-order valence-electron chi connectivity index (χ2n) is 7.01. The minimum absolute atomic E-state index is 0.433. The maximum atomic E-state index is 5.70. The number of aliphatic imine (C=N–C) groups is 1. The molecule has 2 unspecified atom stereocenters. The van der Waals surface area contributed by atoms with Gasteiger partial charge in [-0.25, -0.2) is 4.99 Å². The average molecular weight is 347 g/mol. The zero-order valence-electron chi connectivity index (χ0n) is 16.4. The molecule has 0 aliphatic carbocycles. The van der Waals surface area contributed by atoms with Crippen LogP contribution in [0, 0.1) is 5.92 Å². The fourth-order valence-electron chi connectivity index (χ4n) is 3.20. The molecule has 1 aliphatic heterocycles. The highest BCUT2D eigenvalue weighted by molar-refractivity contribution is 5.80. The zero-order chi connectivity index (χ0) is 18.2. The number of likely N-dealkylation sites (tertiary alicyclic amines) is 1. The van der Waals surface area contributed by atoms with Gasteiger partial charge in [0, 0.05) is 37.3 Å². The number of hydrogen-bond acceptors (Lipinski definition) is 3. The molecule has 1 fully saturated rings. The molecule has 1 saturated heterocycles. The molecule has 5 nitrogen and oxygen atoms in total. The summed E-state index contributed by atoms with van der Waals surface area (Å²) in [6.45, 7) is 15.3. The van der Waals surface area contributed by atoms with Crippen LogP contribution in [0.1, 0.15) is 40.2 Å². The van der Waals surface area contributed by atoms with Crippen molar-refractivity contribution in [1.29, 1.82) is 0 Å². The molecule has 0 bridgehead atoms. The second kappa shape index (κ2) is 9.66. The number of nitrogens with one attached hydrogen (secondary N) is 2. The molecule has 1 heterocycles. The van der Waals surface area contributed by atoms with E-state index in [4.69, 9.17) is 9.73 Å². The summed E-state index contributed by atoms with van der Waals surface area (Å²) in [5.74, 6) is 2.42. The van der Waals surface area contributed by atoms with E-state index in [1.54, 1.807) is 0 Å². The van der Waals surface area contributed by atoms with Crippen LogP contribution in [0.3, 0.4) is 0 Å². The van der Waals surface area contributed by atoms with Gasteiger partial charge >= 0.3 is 0 Å². The SMILES string of the molecule is CCNC(=NCc1ccccc1OCC)NC1CN(C(C)C)CC1C. The molecule has 5 heteroatoms. The first-order valence-corrected chi connectivity index (χ1v) is 9.54. The number of guanidine groups is 1. The van der Waals surface area contributed by atoms with Crippen molar-refractivity contribution in [1.82, 2.24) is 15.5 Å². The Kier molecular flexibility index (Phi) is 7.56. The highest BCUT2D eigenvalue weighted by Gasteiger charge is 2.31. The van der Waals surface area contributed by atoms with E-state index in [2.05, 4.69) is 49.3 Å². The molecule has 0 spiro atoms. The highest BCUT2D eigenvalue weighted by Crippen LogP contribution is 2.20. The van der Waals surface area contributed by atoms with Gasteiger partial charge < -0.3 is 15.4 Å². The monoisotopic (exact) mass is 346 g/mol. The Balaban J connectivity index is 2.04. The van der Waals surface area contributed by atoms with Crippen molar-refractivity contribution in [2.24, 2.45) is 10.9 Å². The van der Waals surface area contributed by atoms with Crippen LogP contribution in [-0.2, 0) is 6.54 Å². The van der Waals surface area contributed by atoms with Crippen LogP contribution in [0.4, 0.5) is 0 Å². The van der Waals surface area contributed by atoms with Crippen molar-refractivity contribution >= 4 is 5.96 Å². The molecule has 0 amide bonds. The quantitative estimate of drug-likeness (QED) is 0.589. The lowest BCUT2D eigenvalue weighted by atomic mass is 10.1. The van der Waals surface area contributed by atoms with Crippen LogP contribution in [-0.4, -0.2) is 49.2 Å². The van der Waals surface area contributed by atoms with Gasteiger partial charge in [-0.15, -0.1) is 0 Å². The summed E-state index contributed by atoms with van der Waals surface area (Å²) in [6.07, 6.45) is 0. The van der Waals surface area contributed by atoms with Crippen molar-refractivity contribution in [3.8, 4) is 5.75 Å². The minimum Gasteiger partial charge on any atom is -0.494 e. The lowest BCUT2D eigenvalue weighted by Gasteiger charge is -2.22. The van der Waals surface area contributed by atoms with Gasteiger partial charge in [-0.3, -0.25) is 4.90 Å². The maximum Gasteiger partial charge on any atom is 0.191 e. The summed E-state index contributed by atoms with van der Waals surface area (Å²) >= 11 is 0. The Bertz CT molecular complexity index is 558. The predicted molar refractivity (Wildman–Crippen MR) is 105 cm³/mol. The lowest BCUT2D eigenvalue weighted by molar-refractivity contribution is 0.265. The van der Waals surface area contributed by atoms with Gasteiger partial charge in [-0.05, 0) is 39.7 Å². The van der Waals surface area contributed by atoms with Crippen molar-refractivity contribution in [2.45, 2.75) is 53.2 Å². The van der Waals surface area contributed by atoms with Crippen LogP contribution in [0.15, 0.2) is 29.3 Å². The van der Waals surface area contributed by atoms with E-state index in [1.807, 2.05) is 25.1 Å². The van der Waals surface area contributed by atoms with Crippen LogP contribution in [0.2, 0.25) is 0 Å². The molecule has 2 atom stereocenters. The van der Waals surface area contributed by atoms with Crippen molar-refractivity contribution < 1.29 is 4.74 Å². The lowest BCUT2D eigenvalue weighted by Crippen LogP contribution is -2.46. The molecule has 140 valence electrons. The summed E-state index contributed by atoms with van der Waals surface area (Å²) in [5.41, 5.74) is 1.12. The molecule has 0 radical (unpaired) electrons. The normalized spacial score (nSPS) is 21.6. The molecule has 2 rings (SSSR count). The Morgan fingerprint density at radius 2 is 2.04 bits per heavy atom. The number of nitrogens with zero attached hydrogens (tertiary/aromatic N) is 2. The molecule has 1 aromatic carbocycles. The molecule has 0 aromatic heterocycles. The van der Waals surface area contributed by atoms with Crippen molar-refractivity contribution in [3.05, 3.63) is 29.8 Å². The average Bonchev–Trinajstić information content (AvgIpc) is 2.95. The third-order valence-corrected chi connectivity index (χ3v) is 4.72. The molecule has 1 aliphatic rings. The largest absolute Gasteiger partial charge is 0.494 e. The molecule has 1 aromatic rings. The summed E-state index contributed by atoms with van der Waals surface area (Å²) in [4.78, 5) is 7.31. The number of hydrogen-bond donors (Lipinski definition) is 2. The predicted octanol–water partition coefficient (Wildman–Crippen LogP) is 2.87. The summed E-state index contributed by atoms with van der Waals surface area (Å²) < 4.78 is 5.70. The van der Waals surface area contributed by atoms with Crippen molar-refractivity contribution in [3.63, 3.8) is 0 Å². The fraction of sp³-hybridized carbons (Fsp3) is 0.650. The number of rotatable bonds is 7. The van der Waals surface area contributed by atoms with E-state index in [9.17, 15) is 0 Å². The minimum atomic E-state index is 0.433. The maximum absolute atomic E-state index is 5.70. The first kappa shape index (κ1) is 19.6. The van der Waals surface area contributed by atoms with Crippen LogP contribution >= 0.6 is 0 Å². The molecule has 2 N–H and O–H groups in total. The van der Waals surface area contributed by atoms with E-state index in [0.717, 1.165) is 36.9 Å².